The van der Waals surface area contributed by atoms with Gasteiger partial charge in [0.25, 0.3) is 11.8 Å². The van der Waals surface area contributed by atoms with Crippen LogP contribution in [0.4, 0.5) is 5.69 Å². The van der Waals surface area contributed by atoms with Gasteiger partial charge < -0.3 is 4.90 Å². The topological polar surface area (TPSA) is 52.7 Å². The van der Waals surface area contributed by atoms with Gasteiger partial charge in [0.05, 0.1) is 11.4 Å². The molecule has 2 saturated heterocycles. The molecule has 2 amide bonds. The zero-order chi connectivity index (χ0) is 18.1. The first-order valence-corrected chi connectivity index (χ1v) is 9.68. The van der Waals surface area contributed by atoms with Crippen LogP contribution in [0.3, 0.4) is 0 Å². The Labute approximate surface area is 165 Å². The fourth-order valence-corrected chi connectivity index (χ4v) is 3.78. The number of carbonyl (C=O) groups excluding carboxylic acids is 2. The highest BCUT2D eigenvalue weighted by atomic mass is 127. The van der Waals surface area contributed by atoms with Gasteiger partial charge in [0.2, 0.25) is 0 Å². The Balaban J connectivity index is 1.80. The van der Waals surface area contributed by atoms with E-state index in [1.807, 2.05) is 54.6 Å². The van der Waals surface area contributed by atoms with Crippen LogP contribution in [-0.2, 0) is 9.59 Å². The van der Waals surface area contributed by atoms with Crippen molar-refractivity contribution in [2.45, 2.75) is 12.8 Å². The smallest absolute Gasteiger partial charge is 0.284 e. The number of halogens is 1. The summed E-state index contributed by atoms with van der Waals surface area (Å²) >= 11 is 2.21. The van der Waals surface area contributed by atoms with Crippen LogP contribution in [0.25, 0.3) is 5.70 Å². The molecule has 4 rings (SSSR count). The van der Waals surface area contributed by atoms with Crippen LogP contribution < -0.4 is 10.4 Å². The Bertz CT molecular complexity index is 872. The average molecular weight is 459 g/mol. The Morgan fingerprint density at radius 2 is 1.58 bits per heavy atom. The van der Waals surface area contributed by atoms with E-state index in [2.05, 4.69) is 32.9 Å². The Morgan fingerprint density at radius 1 is 0.923 bits per heavy atom. The summed E-state index contributed by atoms with van der Waals surface area (Å²) < 4.78 is 1.07. The molecule has 0 spiro atoms. The van der Waals surface area contributed by atoms with Gasteiger partial charge in [-0.3, -0.25) is 15.0 Å². The predicted octanol–water partition coefficient (Wildman–Crippen LogP) is 3.18. The minimum absolute atomic E-state index is 0.219. The van der Waals surface area contributed by atoms with E-state index in [0.29, 0.717) is 5.69 Å². The Kier molecular flexibility index (Phi) is 4.67. The van der Waals surface area contributed by atoms with Gasteiger partial charge in [0.15, 0.2) is 0 Å². The lowest BCUT2D eigenvalue weighted by Gasteiger charge is -2.23. The molecule has 0 saturated carbocycles. The maximum Gasteiger partial charge on any atom is 0.284 e. The molecule has 0 radical (unpaired) electrons. The molecule has 2 aliphatic heterocycles. The average Bonchev–Trinajstić information content (AvgIpc) is 3.28. The number of nitrogens with one attached hydrogen (secondary N) is 1. The number of benzene rings is 2. The molecule has 2 aromatic carbocycles. The zero-order valence-electron chi connectivity index (χ0n) is 14.1. The summed E-state index contributed by atoms with van der Waals surface area (Å²) in [6, 6.07) is 17.2. The third-order valence-corrected chi connectivity index (χ3v) is 5.37. The van der Waals surface area contributed by atoms with E-state index in [0.717, 1.165) is 40.8 Å². The Hall–Kier alpha value is -2.35. The molecule has 2 aliphatic rings. The number of anilines is 1. The summed E-state index contributed by atoms with van der Waals surface area (Å²) in [6.07, 6.45) is 2.14. The highest BCUT2D eigenvalue weighted by Gasteiger charge is 2.39. The summed E-state index contributed by atoms with van der Waals surface area (Å²) in [7, 11) is 0. The lowest BCUT2D eigenvalue weighted by atomic mass is 10.0. The number of nitrogens with zero attached hydrogens (tertiary/aromatic N) is 2. The number of carbonyl (C=O) groups is 2. The summed E-state index contributed by atoms with van der Waals surface area (Å²) in [5.74, 6) is -0.652. The summed E-state index contributed by atoms with van der Waals surface area (Å²) in [5, 5.41) is 1.34. The first kappa shape index (κ1) is 17.1. The lowest BCUT2D eigenvalue weighted by molar-refractivity contribution is -0.117. The molecule has 0 aliphatic carbocycles. The van der Waals surface area contributed by atoms with Gasteiger partial charge in [0.1, 0.15) is 5.57 Å². The molecule has 0 atom stereocenters. The van der Waals surface area contributed by atoms with Crippen LogP contribution in [0.15, 0.2) is 60.2 Å². The number of likely N-dealkylation sites (tertiary alicyclic amines) is 1. The van der Waals surface area contributed by atoms with Crippen LogP contribution in [0.5, 0.6) is 0 Å². The summed E-state index contributed by atoms with van der Waals surface area (Å²) in [5.41, 5.74) is 5.24. The first-order chi connectivity index (χ1) is 12.6. The van der Waals surface area contributed by atoms with Gasteiger partial charge in [-0.25, -0.2) is 5.01 Å². The summed E-state index contributed by atoms with van der Waals surface area (Å²) in [4.78, 5) is 28.0. The molecule has 132 valence electrons. The van der Waals surface area contributed by atoms with Gasteiger partial charge in [-0.05, 0) is 65.3 Å². The first-order valence-electron chi connectivity index (χ1n) is 8.61. The van der Waals surface area contributed by atoms with Crippen molar-refractivity contribution in [2.75, 3.05) is 18.1 Å². The number of amides is 2. The summed E-state index contributed by atoms with van der Waals surface area (Å²) in [6.45, 7) is 1.72. The molecule has 2 aromatic rings. The van der Waals surface area contributed by atoms with Crippen LogP contribution in [0, 0.1) is 3.57 Å². The molecule has 0 bridgehead atoms. The largest absolute Gasteiger partial charge is 0.370 e. The second-order valence-corrected chi connectivity index (χ2v) is 7.59. The van der Waals surface area contributed by atoms with Crippen LogP contribution in [0.1, 0.15) is 18.4 Å². The lowest BCUT2D eigenvalue weighted by Crippen LogP contribution is -2.35. The fraction of sp³-hybridized carbons (Fsp3) is 0.200. The van der Waals surface area contributed by atoms with Gasteiger partial charge >= 0.3 is 0 Å². The third kappa shape index (κ3) is 3.09. The van der Waals surface area contributed by atoms with Gasteiger partial charge in [-0.2, -0.15) is 0 Å². The molecule has 2 heterocycles. The van der Waals surface area contributed by atoms with Crippen molar-refractivity contribution < 1.29 is 9.59 Å². The van der Waals surface area contributed by atoms with E-state index in [-0.39, 0.29) is 17.4 Å². The van der Waals surface area contributed by atoms with Crippen LogP contribution in [-0.4, -0.2) is 29.8 Å². The number of hydrogen-bond donors (Lipinski definition) is 1. The van der Waals surface area contributed by atoms with Crippen molar-refractivity contribution in [3.05, 3.63) is 69.3 Å². The zero-order valence-corrected chi connectivity index (χ0v) is 16.3. The van der Waals surface area contributed by atoms with Crippen LogP contribution >= 0.6 is 22.6 Å². The molecule has 0 aromatic heterocycles. The predicted molar refractivity (Wildman–Crippen MR) is 109 cm³/mol. The SMILES string of the molecule is O=C1NN(c2ccc(I)cc2)C(=O)C1=C(c1ccccc1)N1CCCC1. The fourth-order valence-electron chi connectivity index (χ4n) is 3.42. The number of rotatable bonds is 3. The van der Waals surface area contributed by atoms with E-state index < -0.39 is 0 Å². The molecular formula is C20H18IN3O2. The molecule has 2 fully saturated rings. The minimum atomic E-state index is -0.348. The maximum absolute atomic E-state index is 13.1. The van der Waals surface area contributed by atoms with E-state index in [4.69, 9.17) is 0 Å². The van der Waals surface area contributed by atoms with Crippen molar-refractivity contribution in [2.24, 2.45) is 0 Å². The molecule has 6 heteroatoms. The third-order valence-electron chi connectivity index (χ3n) is 4.65. The number of hydrogen-bond acceptors (Lipinski definition) is 3. The maximum atomic E-state index is 13.1. The quantitative estimate of drug-likeness (QED) is 0.436. The molecule has 5 nitrogen and oxygen atoms in total. The highest BCUT2D eigenvalue weighted by molar-refractivity contribution is 14.1. The normalized spacial score (nSPS) is 19.1. The standard InChI is InChI=1S/C20H18IN3O2/c21-15-8-10-16(11-9-15)24-20(26)17(19(25)22-24)18(23-12-4-5-13-23)14-6-2-1-3-7-14/h1-3,6-11H,4-5,12-13H2,(H,22,25). The van der Waals surface area contributed by atoms with Crippen LogP contribution in [0.2, 0.25) is 0 Å². The van der Waals surface area contributed by atoms with Gasteiger partial charge in [0, 0.05) is 16.7 Å². The van der Waals surface area contributed by atoms with Crippen molar-refractivity contribution in [3.8, 4) is 0 Å². The van der Waals surface area contributed by atoms with Crippen molar-refractivity contribution in [1.82, 2.24) is 10.3 Å². The van der Waals surface area contributed by atoms with E-state index in [9.17, 15) is 9.59 Å². The highest BCUT2D eigenvalue weighted by Crippen LogP contribution is 2.31. The molecule has 0 unspecified atom stereocenters. The van der Waals surface area contributed by atoms with Crippen molar-refractivity contribution in [3.63, 3.8) is 0 Å². The van der Waals surface area contributed by atoms with E-state index in [1.54, 1.807) is 0 Å². The minimum Gasteiger partial charge on any atom is -0.370 e. The second kappa shape index (κ2) is 7.11. The number of hydrazine groups is 1. The molecule has 1 N–H and O–H groups in total. The van der Waals surface area contributed by atoms with E-state index in [1.165, 1.54) is 5.01 Å². The van der Waals surface area contributed by atoms with E-state index >= 15 is 0 Å². The van der Waals surface area contributed by atoms with Crippen molar-refractivity contribution in [1.29, 1.82) is 0 Å². The van der Waals surface area contributed by atoms with Gasteiger partial charge in [-0.15, -0.1) is 0 Å². The van der Waals surface area contributed by atoms with Crippen molar-refractivity contribution >= 4 is 45.8 Å². The second-order valence-electron chi connectivity index (χ2n) is 6.34. The molecule has 26 heavy (non-hydrogen) atoms. The monoisotopic (exact) mass is 459 g/mol. The van der Waals surface area contributed by atoms with Gasteiger partial charge in [-0.1, -0.05) is 30.3 Å². The molecular weight excluding hydrogens is 441 g/mol. The Morgan fingerprint density at radius 3 is 2.23 bits per heavy atom.